The molecule has 1 aromatic carbocycles. The van der Waals surface area contributed by atoms with Crippen LogP contribution in [0.1, 0.15) is 18.4 Å². The zero-order chi connectivity index (χ0) is 14.0. The zero-order valence-electron chi connectivity index (χ0n) is 10.3. The van der Waals surface area contributed by atoms with Crippen LogP contribution in [-0.2, 0) is 10.0 Å². The highest BCUT2D eigenvalue weighted by atomic mass is 32.2. The molecule has 19 heavy (non-hydrogen) atoms. The van der Waals surface area contributed by atoms with Crippen molar-refractivity contribution in [2.75, 3.05) is 18.8 Å². The van der Waals surface area contributed by atoms with Gasteiger partial charge in [0.15, 0.2) is 0 Å². The van der Waals surface area contributed by atoms with Crippen molar-refractivity contribution >= 4 is 15.7 Å². The van der Waals surface area contributed by atoms with Gasteiger partial charge in [-0.25, -0.2) is 8.42 Å². The van der Waals surface area contributed by atoms with Gasteiger partial charge in [0, 0.05) is 13.1 Å². The van der Waals surface area contributed by atoms with Gasteiger partial charge in [0.25, 0.3) is 0 Å². The third kappa shape index (κ3) is 2.71. The molecular weight excluding hydrogens is 266 g/mol. The quantitative estimate of drug-likeness (QED) is 0.757. The van der Waals surface area contributed by atoms with Gasteiger partial charge in [-0.1, -0.05) is 0 Å². The molecule has 6 nitrogen and oxygen atoms in total. The molecule has 7 heteroatoms. The average Bonchev–Trinajstić information content (AvgIpc) is 2.38. The summed E-state index contributed by atoms with van der Waals surface area (Å²) < 4.78 is 26.0. The first-order valence-electron chi connectivity index (χ1n) is 5.93. The van der Waals surface area contributed by atoms with Crippen molar-refractivity contribution in [3.8, 4) is 6.07 Å². The number of nitrogens with two attached hydrogens (primary N) is 1. The lowest BCUT2D eigenvalue weighted by atomic mass is 10.1. The van der Waals surface area contributed by atoms with Crippen LogP contribution in [0.25, 0.3) is 0 Å². The summed E-state index contributed by atoms with van der Waals surface area (Å²) in [6, 6.07) is 6.00. The molecule has 1 heterocycles. The van der Waals surface area contributed by atoms with Gasteiger partial charge in [0.1, 0.15) is 4.90 Å². The average molecular weight is 281 g/mol. The Morgan fingerprint density at radius 2 is 2.21 bits per heavy atom. The van der Waals surface area contributed by atoms with E-state index >= 15 is 0 Å². The zero-order valence-corrected chi connectivity index (χ0v) is 11.1. The Hall–Kier alpha value is -1.62. The van der Waals surface area contributed by atoms with Gasteiger partial charge in [0.2, 0.25) is 10.0 Å². The number of aliphatic hydroxyl groups excluding tert-OH is 1. The largest absolute Gasteiger partial charge is 0.398 e. The lowest BCUT2D eigenvalue weighted by molar-refractivity contribution is 0.108. The molecule has 1 saturated heterocycles. The summed E-state index contributed by atoms with van der Waals surface area (Å²) in [5.74, 6) is 0. The van der Waals surface area contributed by atoms with Crippen LogP contribution in [0.4, 0.5) is 5.69 Å². The molecule has 0 unspecified atom stereocenters. The first-order valence-corrected chi connectivity index (χ1v) is 7.37. The third-order valence-electron chi connectivity index (χ3n) is 3.12. The number of nitrogens with zero attached hydrogens (tertiary/aromatic N) is 2. The second-order valence-corrected chi connectivity index (χ2v) is 6.43. The highest BCUT2D eigenvalue weighted by Gasteiger charge is 2.30. The Bertz CT molecular complexity index is 622. The van der Waals surface area contributed by atoms with Gasteiger partial charge in [-0.05, 0) is 31.0 Å². The summed E-state index contributed by atoms with van der Waals surface area (Å²) in [4.78, 5) is -0.0133. The molecule has 0 amide bonds. The molecule has 2 rings (SSSR count). The highest BCUT2D eigenvalue weighted by Crippen LogP contribution is 2.25. The predicted octanol–water partition coefficient (Wildman–Crippen LogP) is 0.286. The summed E-state index contributed by atoms with van der Waals surface area (Å²) in [7, 11) is -3.71. The van der Waals surface area contributed by atoms with Gasteiger partial charge >= 0.3 is 0 Å². The predicted molar refractivity (Wildman–Crippen MR) is 69.6 cm³/mol. The van der Waals surface area contributed by atoms with E-state index in [9.17, 15) is 13.5 Å². The fourth-order valence-corrected chi connectivity index (χ4v) is 3.74. The molecule has 1 fully saturated rings. The van der Waals surface area contributed by atoms with E-state index in [0.717, 1.165) is 0 Å². The Kier molecular flexibility index (Phi) is 3.75. The molecule has 1 atom stereocenters. The molecule has 0 spiro atoms. The lowest BCUT2D eigenvalue weighted by Gasteiger charge is -2.29. The van der Waals surface area contributed by atoms with Crippen molar-refractivity contribution < 1.29 is 13.5 Å². The van der Waals surface area contributed by atoms with Crippen molar-refractivity contribution in [2.24, 2.45) is 0 Å². The maximum absolute atomic E-state index is 12.4. The maximum Gasteiger partial charge on any atom is 0.245 e. The number of anilines is 1. The molecule has 0 radical (unpaired) electrons. The Balaban J connectivity index is 2.37. The number of rotatable bonds is 2. The first-order chi connectivity index (χ1) is 8.95. The van der Waals surface area contributed by atoms with E-state index in [2.05, 4.69) is 0 Å². The Labute approximate surface area is 112 Å². The normalized spacial score (nSPS) is 20.9. The van der Waals surface area contributed by atoms with Crippen LogP contribution in [0.3, 0.4) is 0 Å². The molecule has 102 valence electrons. The molecule has 3 N–H and O–H groups in total. The topological polar surface area (TPSA) is 107 Å². The molecule has 0 bridgehead atoms. The van der Waals surface area contributed by atoms with Gasteiger partial charge in [-0.3, -0.25) is 0 Å². The fourth-order valence-electron chi connectivity index (χ4n) is 2.13. The minimum absolute atomic E-state index is 0.0133. The summed E-state index contributed by atoms with van der Waals surface area (Å²) >= 11 is 0. The molecular formula is C12H15N3O3S. The SMILES string of the molecule is N#Cc1ccc(S(=O)(=O)N2CCC[C@H](O)C2)c(N)c1. The summed E-state index contributed by atoms with van der Waals surface area (Å²) in [5, 5.41) is 18.3. The molecule has 1 aliphatic heterocycles. The number of nitriles is 1. The highest BCUT2D eigenvalue weighted by molar-refractivity contribution is 7.89. The number of β-amino-alcohol motifs (C(OH)–C–C–N with tert-alkyl or cyclic N) is 1. The lowest BCUT2D eigenvalue weighted by Crippen LogP contribution is -2.42. The molecule has 0 aromatic heterocycles. The third-order valence-corrected chi connectivity index (χ3v) is 5.06. The van der Waals surface area contributed by atoms with E-state index in [4.69, 9.17) is 11.0 Å². The number of sulfonamides is 1. The van der Waals surface area contributed by atoms with Gasteiger partial charge in [-0.15, -0.1) is 0 Å². The van der Waals surface area contributed by atoms with E-state index in [-0.39, 0.29) is 17.1 Å². The van der Waals surface area contributed by atoms with E-state index in [1.54, 1.807) is 0 Å². The second-order valence-electron chi connectivity index (χ2n) is 4.52. The molecule has 0 aliphatic carbocycles. The van der Waals surface area contributed by atoms with E-state index in [1.165, 1.54) is 22.5 Å². The number of nitrogen functional groups attached to an aromatic ring is 1. The van der Waals surface area contributed by atoms with Gasteiger partial charge < -0.3 is 10.8 Å². The van der Waals surface area contributed by atoms with Crippen molar-refractivity contribution in [1.29, 1.82) is 5.26 Å². The van der Waals surface area contributed by atoms with Crippen LogP contribution in [-0.4, -0.2) is 37.0 Å². The van der Waals surface area contributed by atoms with Crippen LogP contribution >= 0.6 is 0 Å². The first kappa shape index (κ1) is 13.8. The molecule has 1 aromatic rings. The van der Waals surface area contributed by atoms with Crippen molar-refractivity contribution in [3.05, 3.63) is 23.8 Å². The molecule has 1 aliphatic rings. The minimum atomic E-state index is -3.71. The van der Waals surface area contributed by atoms with Crippen molar-refractivity contribution in [2.45, 2.75) is 23.8 Å². The standard InChI is InChI=1S/C12H15N3O3S/c13-7-9-3-4-12(11(14)6-9)19(17,18)15-5-1-2-10(16)8-15/h3-4,6,10,16H,1-2,5,8,14H2/t10-/m0/s1. The van der Waals surface area contributed by atoms with Crippen LogP contribution < -0.4 is 5.73 Å². The monoisotopic (exact) mass is 281 g/mol. The van der Waals surface area contributed by atoms with Crippen LogP contribution in [0, 0.1) is 11.3 Å². The van der Waals surface area contributed by atoms with Crippen LogP contribution in [0.15, 0.2) is 23.1 Å². The minimum Gasteiger partial charge on any atom is -0.398 e. The number of piperidine rings is 1. The molecule has 0 saturated carbocycles. The summed E-state index contributed by atoms with van der Waals surface area (Å²) in [6.45, 7) is 0.459. The van der Waals surface area contributed by atoms with Crippen LogP contribution in [0.5, 0.6) is 0 Å². The maximum atomic E-state index is 12.4. The number of hydrogen-bond acceptors (Lipinski definition) is 5. The summed E-state index contributed by atoms with van der Waals surface area (Å²) in [6.07, 6.45) is 0.592. The summed E-state index contributed by atoms with van der Waals surface area (Å²) in [5.41, 5.74) is 6.07. The Morgan fingerprint density at radius 1 is 1.47 bits per heavy atom. The second kappa shape index (κ2) is 5.17. The van der Waals surface area contributed by atoms with E-state index in [1.807, 2.05) is 6.07 Å². The fraction of sp³-hybridized carbons (Fsp3) is 0.417. The number of benzene rings is 1. The van der Waals surface area contributed by atoms with Crippen LogP contribution in [0.2, 0.25) is 0 Å². The number of aliphatic hydroxyl groups is 1. The van der Waals surface area contributed by atoms with E-state index < -0.39 is 16.1 Å². The van der Waals surface area contributed by atoms with Crippen molar-refractivity contribution in [1.82, 2.24) is 4.31 Å². The van der Waals surface area contributed by atoms with Crippen molar-refractivity contribution in [3.63, 3.8) is 0 Å². The van der Waals surface area contributed by atoms with E-state index in [0.29, 0.717) is 24.9 Å². The smallest absolute Gasteiger partial charge is 0.245 e. The Morgan fingerprint density at radius 3 is 2.79 bits per heavy atom. The number of hydrogen-bond donors (Lipinski definition) is 2. The van der Waals surface area contributed by atoms with Gasteiger partial charge in [-0.2, -0.15) is 9.57 Å². The van der Waals surface area contributed by atoms with Gasteiger partial charge in [0.05, 0.1) is 23.4 Å².